The van der Waals surface area contributed by atoms with Crippen molar-refractivity contribution in [2.45, 2.75) is 0 Å². The molecule has 2 rings (SSSR count). The Morgan fingerprint density at radius 3 is 2.85 bits per heavy atom. The number of benzene rings is 1. The van der Waals surface area contributed by atoms with Crippen LogP contribution in [0.15, 0.2) is 41.0 Å². The lowest BCUT2D eigenvalue weighted by atomic mass is 10.1. The molecule has 1 fully saturated rings. The Kier molecular flexibility index (Phi) is 4.24. The number of hydrogen-bond donors (Lipinski definition) is 1. The summed E-state index contributed by atoms with van der Waals surface area (Å²) in [4.78, 5) is 24.8. The number of carbonyl (C=O) groups is 2. The number of nitrogens with zero attached hydrogens (tertiary/aromatic N) is 1. The van der Waals surface area contributed by atoms with Crippen LogP contribution in [0.1, 0.15) is 5.56 Å². The Morgan fingerprint density at radius 1 is 1.45 bits per heavy atom. The minimum absolute atomic E-state index is 0.178. The zero-order chi connectivity index (χ0) is 14.7. The number of carbonyl (C=O) groups excluding carboxylic acids is 2. The molecule has 0 bridgehead atoms. The molecule has 6 heteroatoms. The van der Waals surface area contributed by atoms with Crippen molar-refractivity contribution >= 4 is 33.9 Å². The molecule has 3 amide bonds. The highest BCUT2D eigenvalue weighted by Crippen LogP contribution is 2.26. The molecular weight excluding hydrogens is 324 g/mol. The van der Waals surface area contributed by atoms with Gasteiger partial charge in [-0.2, -0.15) is 0 Å². The van der Waals surface area contributed by atoms with Crippen molar-refractivity contribution < 1.29 is 14.3 Å². The van der Waals surface area contributed by atoms with E-state index in [9.17, 15) is 9.59 Å². The third kappa shape index (κ3) is 2.75. The summed E-state index contributed by atoms with van der Waals surface area (Å²) in [5.41, 5.74) is 0.916. The van der Waals surface area contributed by atoms with Crippen molar-refractivity contribution in [2.24, 2.45) is 0 Å². The zero-order valence-electron chi connectivity index (χ0n) is 10.9. The lowest BCUT2D eigenvalue weighted by Gasteiger charge is -2.07. The third-order valence-electron chi connectivity index (χ3n) is 2.77. The van der Waals surface area contributed by atoms with Crippen LogP contribution in [0.25, 0.3) is 6.08 Å². The average Bonchev–Trinajstić information content (AvgIpc) is 2.67. The molecule has 1 N–H and O–H groups in total. The molecule has 1 saturated heterocycles. The molecule has 0 unspecified atom stereocenters. The maximum Gasteiger partial charge on any atom is 0.329 e. The standard InChI is InChI=1S/C14H13BrN2O3/c1-3-6-17-13(18)11(16-14(17)19)8-9-7-10(15)4-5-12(9)20-2/h3-5,7-8H,1,6H2,2H3,(H,16,19)/b11-8-. The molecule has 0 saturated carbocycles. The molecule has 0 spiro atoms. The molecular formula is C14H13BrN2O3. The SMILES string of the molecule is C=CCN1C(=O)N/C(=C\c2cc(Br)ccc2OC)C1=O. The van der Waals surface area contributed by atoms with Crippen LogP contribution < -0.4 is 10.1 Å². The highest BCUT2D eigenvalue weighted by atomic mass is 79.9. The highest BCUT2D eigenvalue weighted by molar-refractivity contribution is 9.10. The summed E-state index contributed by atoms with van der Waals surface area (Å²) in [5, 5.41) is 2.54. The molecule has 104 valence electrons. The second kappa shape index (κ2) is 5.92. The van der Waals surface area contributed by atoms with Crippen molar-refractivity contribution in [1.82, 2.24) is 10.2 Å². The van der Waals surface area contributed by atoms with Crippen molar-refractivity contribution in [1.29, 1.82) is 0 Å². The Labute approximate surface area is 125 Å². The summed E-state index contributed by atoms with van der Waals surface area (Å²) in [6.45, 7) is 3.70. The normalized spacial score (nSPS) is 16.5. The maximum absolute atomic E-state index is 12.1. The third-order valence-corrected chi connectivity index (χ3v) is 3.26. The summed E-state index contributed by atoms with van der Waals surface area (Å²) in [5.74, 6) is 0.238. The molecule has 0 aromatic heterocycles. The summed E-state index contributed by atoms with van der Waals surface area (Å²) in [6.07, 6.45) is 3.09. The number of amides is 3. The largest absolute Gasteiger partial charge is 0.496 e. The number of hydrogen-bond acceptors (Lipinski definition) is 3. The molecule has 1 aromatic carbocycles. The number of urea groups is 1. The van der Waals surface area contributed by atoms with E-state index in [2.05, 4.69) is 27.8 Å². The van der Waals surface area contributed by atoms with Gasteiger partial charge >= 0.3 is 6.03 Å². The van der Waals surface area contributed by atoms with E-state index < -0.39 is 6.03 Å². The van der Waals surface area contributed by atoms with Crippen LogP contribution in [-0.2, 0) is 4.79 Å². The number of imide groups is 1. The van der Waals surface area contributed by atoms with E-state index in [-0.39, 0.29) is 18.1 Å². The lowest BCUT2D eigenvalue weighted by Crippen LogP contribution is -2.30. The minimum atomic E-state index is -0.449. The number of methoxy groups -OCH3 is 1. The molecule has 0 atom stereocenters. The Morgan fingerprint density at radius 2 is 2.20 bits per heavy atom. The quantitative estimate of drug-likeness (QED) is 0.522. The van der Waals surface area contributed by atoms with Crippen molar-refractivity contribution in [3.05, 3.63) is 46.6 Å². The van der Waals surface area contributed by atoms with Crippen LogP contribution in [0.4, 0.5) is 4.79 Å². The Balaban J connectivity index is 2.37. The average molecular weight is 337 g/mol. The van der Waals surface area contributed by atoms with Gasteiger partial charge in [0.2, 0.25) is 0 Å². The first-order valence-corrected chi connectivity index (χ1v) is 6.65. The molecule has 0 aliphatic carbocycles. The van der Waals surface area contributed by atoms with Crippen LogP contribution in [-0.4, -0.2) is 30.5 Å². The topological polar surface area (TPSA) is 58.6 Å². The summed E-state index contributed by atoms with van der Waals surface area (Å²) >= 11 is 3.36. The first kappa shape index (κ1) is 14.3. The monoisotopic (exact) mass is 336 g/mol. The van der Waals surface area contributed by atoms with Crippen LogP contribution in [0.3, 0.4) is 0 Å². The fourth-order valence-electron chi connectivity index (χ4n) is 1.84. The Bertz CT molecular complexity index is 610. The highest BCUT2D eigenvalue weighted by Gasteiger charge is 2.32. The van der Waals surface area contributed by atoms with E-state index in [0.29, 0.717) is 11.3 Å². The van der Waals surface area contributed by atoms with Gasteiger partial charge in [0.05, 0.1) is 7.11 Å². The van der Waals surface area contributed by atoms with E-state index in [1.54, 1.807) is 25.3 Å². The number of nitrogens with one attached hydrogen (secondary N) is 1. The van der Waals surface area contributed by atoms with Gasteiger partial charge in [0.25, 0.3) is 5.91 Å². The van der Waals surface area contributed by atoms with Gasteiger partial charge in [-0.05, 0) is 24.3 Å². The van der Waals surface area contributed by atoms with Gasteiger partial charge in [-0.3, -0.25) is 9.69 Å². The molecule has 1 aliphatic heterocycles. The van der Waals surface area contributed by atoms with Gasteiger partial charge in [-0.15, -0.1) is 6.58 Å². The molecule has 0 radical (unpaired) electrons. The smallest absolute Gasteiger partial charge is 0.329 e. The van der Waals surface area contributed by atoms with Gasteiger partial charge in [-0.1, -0.05) is 22.0 Å². The predicted molar refractivity (Wildman–Crippen MR) is 79.1 cm³/mol. The second-order valence-corrected chi connectivity index (χ2v) is 4.99. The van der Waals surface area contributed by atoms with Crippen LogP contribution in [0.2, 0.25) is 0 Å². The molecule has 1 heterocycles. The summed E-state index contributed by atoms with van der Waals surface area (Å²) < 4.78 is 6.08. The van der Waals surface area contributed by atoms with Gasteiger partial charge in [-0.25, -0.2) is 4.79 Å². The van der Waals surface area contributed by atoms with Gasteiger partial charge < -0.3 is 10.1 Å². The van der Waals surface area contributed by atoms with E-state index in [1.807, 2.05) is 6.07 Å². The predicted octanol–water partition coefficient (Wildman–Crippen LogP) is 2.54. The van der Waals surface area contributed by atoms with Crippen molar-refractivity contribution in [3.63, 3.8) is 0 Å². The minimum Gasteiger partial charge on any atom is -0.496 e. The van der Waals surface area contributed by atoms with E-state index in [1.165, 1.54) is 6.08 Å². The zero-order valence-corrected chi connectivity index (χ0v) is 12.4. The molecule has 20 heavy (non-hydrogen) atoms. The number of rotatable bonds is 4. The second-order valence-electron chi connectivity index (χ2n) is 4.08. The molecule has 1 aromatic rings. The fraction of sp³-hybridized carbons (Fsp3) is 0.143. The van der Waals surface area contributed by atoms with Crippen molar-refractivity contribution in [3.8, 4) is 5.75 Å². The first-order chi connectivity index (χ1) is 9.56. The van der Waals surface area contributed by atoms with Crippen LogP contribution in [0, 0.1) is 0 Å². The fourth-order valence-corrected chi connectivity index (χ4v) is 2.22. The summed E-state index contributed by atoms with van der Waals surface area (Å²) in [7, 11) is 1.55. The number of ether oxygens (including phenoxy) is 1. The van der Waals surface area contributed by atoms with E-state index >= 15 is 0 Å². The first-order valence-electron chi connectivity index (χ1n) is 5.85. The van der Waals surface area contributed by atoms with Gasteiger partial charge in [0.1, 0.15) is 11.4 Å². The van der Waals surface area contributed by atoms with Crippen molar-refractivity contribution in [2.75, 3.05) is 13.7 Å². The van der Waals surface area contributed by atoms with Gasteiger partial charge in [0, 0.05) is 16.6 Å². The maximum atomic E-state index is 12.1. The van der Waals surface area contributed by atoms with Gasteiger partial charge in [0.15, 0.2) is 0 Å². The van der Waals surface area contributed by atoms with Crippen LogP contribution >= 0.6 is 15.9 Å². The van der Waals surface area contributed by atoms with E-state index in [4.69, 9.17) is 4.74 Å². The van der Waals surface area contributed by atoms with Crippen LogP contribution in [0.5, 0.6) is 5.75 Å². The van der Waals surface area contributed by atoms with E-state index in [0.717, 1.165) is 9.37 Å². The molecule has 1 aliphatic rings. The molecule has 5 nitrogen and oxygen atoms in total. The summed E-state index contributed by atoms with van der Waals surface area (Å²) in [6, 6.07) is 4.97. The lowest BCUT2D eigenvalue weighted by molar-refractivity contribution is -0.122. The Hall–Kier alpha value is -2.08. The number of halogens is 1.